The molecule has 0 rings (SSSR count). The van der Waals surface area contributed by atoms with E-state index in [1.54, 1.807) is 0 Å². The van der Waals surface area contributed by atoms with Gasteiger partial charge in [0.25, 0.3) is 0 Å². The maximum Gasteiger partial charge on any atom is 0 e. The SMILES string of the molecule is [CH3-].[CH3-].[CH3-].[CH3-].[CH3-].[CH3-].[CH3-].[CH3-].[CH3-].[CH3-].[N-]=[N+]=[N-].[SiH3].[Ti]. The van der Waals surface area contributed by atoms with Crippen LogP contribution in [0.2, 0.25) is 0 Å². The van der Waals surface area contributed by atoms with Crippen LogP contribution in [0.25, 0.3) is 16.0 Å². The summed E-state index contributed by atoms with van der Waals surface area (Å²) in [5, 5.41) is 0. The summed E-state index contributed by atoms with van der Waals surface area (Å²) in [6.45, 7) is 0. The van der Waals surface area contributed by atoms with Gasteiger partial charge in [0.05, 0.1) is 0 Å². The van der Waals surface area contributed by atoms with Gasteiger partial charge in [0.15, 0.2) is 0 Å². The van der Waals surface area contributed by atoms with Gasteiger partial charge in [-0.15, -0.1) is 0 Å². The van der Waals surface area contributed by atoms with Gasteiger partial charge in [-0.1, -0.05) is 0 Å². The predicted molar refractivity (Wildman–Crippen MR) is 84.2 cm³/mol. The standard InChI is InChI=1S/10CH3.N3.H3Si.Ti/c;;;;;;;;;;1-3-2;;/h10*1H3;;1H3;/q11*-1;;. The van der Waals surface area contributed by atoms with E-state index >= 15 is 0 Å². The topological polar surface area (TPSA) is 58.7 Å². The van der Waals surface area contributed by atoms with Gasteiger partial charge in [0.1, 0.15) is 0 Å². The minimum atomic E-state index is 0. The van der Waals surface area contributed by atoms with Crippen LogP contribution in [0.3, 0.4) is 0 Å². The van der Waals surface area contributed by atoms with Crippen LogP contribution >= 0.6 is 0 Å². The molecule has 107 valence electrons. The van der Waals surface area contributed by atoms with Crippen molar-refractivity contribution in [2.24, 2.45) is 0 Å². The predicted octanol–water partition coefficient (Wildman–Crippen LogP) is 4.18. The molecule has 3 nitrogen and oxygen atoms in total. The molecule has 0 fully saturated rings. The molecule has 0 N–H and O–H groups in total. The average molecular weight is 271 g/mol. The fourth-order valence-corrected chi connectivity index (χ4v) is 0. The molecule has 0 saturated heterocycles. The van der Waals surface area contributed by atoms with E-state index in [1.165, 1.54) is 4.91 Å². The molecule has 0 bridgehead atoms. The van der Waals surface area contributed by atoms with Gasteiger partial charge in [0.2, 0.25) is 0 Å². The van der Waals surface area contributed by atoms with E-state index in [1.807, 2.05) is 0 Å². The Morgan fingerprint density at radius 2 is 0.467 bits per heavy atom. The molecule has 0 aromatic rings. The van der Waals surface area contributed by atoms with Crippen LogP contribution in [-0.4, -0.2) is 11.0 Å². The van der Waals surface area contributed by atoms with Gasteiger partial charge in [-0.05, 0) is 11.0 Å². The molecule has 5 heteroatoms. The second kappa shape index (κ2) is 1620. The van der Waals surface area contributed by atoms with E-state index in [0.29, 0.717) is 0 Å². The zero-order chi connectivity index (χ0) is 2.71. The van der Waals surface area contributed by atoms with E-state index in [4.69, 9.17) is 11.1 Å². The average Bonchev–Trinajstić information content (AvgIpc) is 0.918. The third-order valence-electron chi connectivity index (χ3n) is 0. The first kappa shape index (κ1) is 615. The van der Waals surface area contributed by atoms with Gasteiger partial charge in [-0.3, -0.25) is 4.91 Å². The monoisotopic (exact) mass is 271 g/mol. The van der Waals surface area contributed by atoms with Gasteiger partial charge in [-0.2, -0.15) is 0 Å². The summed E-state index contributed by atoms with van der Waals surface area (Å²) in [4.78, 5) is 1.50. The van der Waals surface area contributed by atoms with E-state index in [0.717, 1.165) is 0 Å². The quantitative estimate of drug-likeness (QED) is 0.209. The molecule has 0 amide bonds. The van der Waals surface area contributed by atoms with Gasteiger partial charge in [0, 0.05) is 21.7 Å². The maximum absolute atomic E-state index is 6.75. The molecule has 15 heavy (non-hydrogen) atoms. The van der Waals surface area contributed by atoms with Gasteiger partial charge in [-0.25, -0.2) is 0 Å². The Bertz CT molecular complexity index is 41.6. The summed E-state index contributed by atoms with van der Waals surface area (Å²) < 4.78 is 0. The third-order valence-corrected chi connectivity index (χ3v) is 0. The second-order valence-electron chi connectivity index (χ2n) is 0.0894. The number of nitrogens with zero attached hydrogens (tertiary/aromatic N) is 3. The molecule has 0 heterocycles. The number of hydrogen-bond donors (Lipinski definition) is 0. The smallest absolute Gasteiger partial charge is 0 e. The molecule has 0 spiro atoms. The Morgan fingerprint density at radius 1 is 0.467 bits per heavy atom. The van der Waals surface area contributed by atoms with Crippen LogP contribution in [0.1, 0.15) is 0 Å². The minimum Gasteiger partial charge on any atom is -0.373 e. The summed E-state index contributed by atoms with van der Waals surface area (Å²) in [6, 6.07) is 0. The van der Waals surface area contributed by atoms with Crippen LogP contribution < -0.4 is 0 Å². The van der Waals surface area contributed by atoms with Crippen LogP contribution in [0.15, 0.2) is 0 Å². The van der Waals surface area contributed by atoms with Crippen molar-refractivity contribution in [2.45, 2.75) is 0 Å². The first-order chi connectivity index (χ1) is 1.41. The van der Waals surface area contributed by atoms with E-state index in [2.05, 4.69) is 0 Å². The molecule has 1 radical (unpaired) electrons. The number of hydrogen-bond acceptors (Lipinski definition) is 0. The molecular formula is C10H33N3SiTi-11. The molecule has 0 saturated carbocycles. The fraction of sp³-hybridized carbons (Fsp3) is 0. The molecule has 0 aromatic carbocycles. The largest absolute Gasteiger partial charge is 0.373 e. The molecule has 0 aliphatic heterocycles. The molecule has 0 aliphatic rings. The Hall–Kier alpha value is 0.241. The first-order valence-corrected chi connectivity index (χ1v) is 0.400. The Kier molecular flexibility index (Phi) is 66500. The Morgan fingerprint density at radius 3 is 0.467 bits per heavy atom. The second-order valence-corrected chi connectivity index (χ2v) is 0.0894. The summed E-state index contributed by atoms with van der Waals surface area (Å²) >= 11 is 0. The number of rotatable bonds is 0. The van der Waals surface area contributed by atoms with Crippen LogP contribution in [-0.2, 0) is 21.7 Å². The molecule has 0 aliphatic carbocycles. The Labute approximate surface area is 123 Å². The molecule has 0 unspecified atom stereocenters. The van der Waals surface area contributed by atoms with Crippen molar-refractivity contribution in [2.75, 3.05) is 0 Å². The normalized spacial score (nSPS) is 0.533. The zero-order valence-electron chi connectivity index (χ0n) is 12.8. The molecule has 0 aromatic heterocycles. The summed E-state index contributed by atoms with van der Waals surface area (Å²) in [5.41, 5.74) is 13.5. The van der Waals surface area contributed by atoms with Crippen molar-refractivity contribution in [1.82, 2.24) is 0 Å². The maximum atomic E-state index is 6.75. The van der Waals surface area contributed by atoms with Crippen LogP contribution in [0.4, 0.5) is 0 Å². The first-order valence-electron chi connectivity index (χ1n) is 0.400. The molecular weight excluding hydrogens is 238 g/mol. The van der Waals surface area contributed by atoms with Crippen molar-refractivity contribution in [3.63, 3.8) is 0 Å². The van der Waals surface area contributed by atoms with E-state index in [9.17, 15) is 0 Å². The van der Waals surface area contributed by atoms with Crippen molar-refractivity contribution in [3.8, 4) is 0 Å². The summed E-state index contributed by atoms with van der Waals surface area (Å²) in [6.07, 6.45) is 0. The van der Waals surface area contributed by atoms with Gasteiger partial charge >= 0.3 is 0 Å². The van der Waals surface area contributed by atoms with Crippen LogP contribution in [0.5, 0.6) is 0 Å². The van der Waals surface area contributed by atoms with E-state index < -0.39 is 0 Å². The summed E-state index contributed by atoms with van der Waals surface area (Å²) in [5.74, 6) is 0. The van der Waals surface area contributed by atoms with Crippen molar-refractivity contribution >= 4 is 11.0 Å². The van der Waals surface area contributed by atoms with Crippen molar-refractivity contribution < 1.29 is 21.7 Å². The van der Waals surface area contributed by atoms with Crippen LogP contribution in [0, 0.1) is 74.3 Å². The van der Waals surface area contributed by atoms with Crippen molar-refractivity contribution in [3.05, 3.63) is 90.2 Å². The van der Waals surface area contributed by atoms with Gasteiger partial charge < -0.3 is 85.3 Å². The third kappa shape index (κ3) is 36700. The van der Waals surface area contributed by atoms with E-state index in [-0.39, 0.29) is 107 Å². The zero-order valence-corrected chi connectivity index (χ0v) is 16.4. The molecule has 0 atom stereocenters. The minimum absolute atomic E-state index is 0. The Balaban J connectivity index is -0.000000000303. The fourth-order valence-electron chi connectivity index (χ4n) is 0. The van der Waals surface area contributed by atoms with Crippen molar-refractivity contribution in [1.29, 1.82) is 0 Å². The summed E-state index contributed by atoms with van der Waals surface area (Å²) in [7, 11) is 0.